The van der Waals surface area contributed by atoms with Gasteiger partial charge in [-0.3, -0.25) is 24.6 Å². The van der Waals surface area contributed by atoms with Gasteiger partial charge in [-0.1, -0.05) is 0 Å². The van der Waals surface area contributed by atoms with Crippen LogP contribution in [-0.4, -0.2) is 29.4 Å². The van der Waals surface area contributed by atoms with E-state index >= 15 is 0 Å². The van der Waals surface area contributed by atoms with Gasteiger partial charge in [0.25, 0.3) is 11.8 Å². The van der Waals surface area contributed by atoms with Gasteiger partial charge >= 0.3 is 0 Å². The minimum absolute atomic E-state index is 0.0230. The molecular weight excluding hydrogens is 382 g/mol. The number of carbonyl (C=O) groups excluding carboxylic acids is 3. The van der Waals surface area contributed by atoms with E-state index in [1.807, 2.05) is 0 Å². The molecule has 0 saturated carbocycles. The summed E-state index contributed by atoms with van der Waals surface area (Å²) < 4.78 is 10.8. The summed E-state index contributed by atoms with van der Waals surface area (Å²) in [6.07, 6.45) is 1.48. The van der Waals surface area contributed by atoms with Crippen LogP contribution in [0, 0.1) is 6.92 Å². The standard InChI is InChI=1S/C19H17N3O5S/c1-11-2-5-14(27-11)10-15-17(24)21-19(28)22(18(15)25)12-3-6-13(7-4-12)26-9-8-16(20)23/h2-7,10H,8-9H2,1H3,(H2,20,23)(H,21,24,28)/b15-10-. The SMILES string of the molecule is Cc1ccc(/C=C2/C(=O)NC(=S)N(c3ccc(OCCC(N)=O)cc3)C2=O)o1. The number of rotatable bonds is 6. The van der Waals surface area contributed by atoms with Crippen LogP contribution in [-0.2, 0) is 14.4 Å². The zero-order valence-corrected chi connectivity index (χ0v) is 15.7. The summed E-state index contributed by atoms with van der Waals surface area (Å²) in [5, 5.41) is 2.48. The lowest BCUT2D eigenvalue weighted by molar-refractivity contribution is -0.122. The van der Waals surface area contributed by atoms with Gasteiger partial charge in [0.2, 0.25) is 5.91 Å². The number of anilines is 1. The Labute approximate surface area is 165 Å². The first-order valence-corrected chi connectivity index (χ1v) is 8.75. The van der Waals surface area contributed by atoms with Gasteiger partial charge in [-0.25, -0.2) is 0 Å². The van der Waals surface area contributed by atoms with E-state index in [9.17, 15) is 14.4 Å². The van der Waals surface area contributed by atoms with E-state index in [1.54, 1.807) is 43.3 Å². The number of hydrogen-bond donors (Lipinski definition) is 2. The Morgan fingerprint density at radius 2 is 1.96 bits per heavy atom. The van der Waals surface area contributed by atoms with Crippen molar-refractivity contribution in [3.63, 3.8) is 0 Å². The van der Waals surface area contributed by atoms with Gasteiger partial charge in [0.1, 0.15) is 22.8 Å². The number of hydrogen-bond acceptors (Lipinski definition) is 6. The predicted molar refractivity (Wildman–Crippen MR) is 105 cm³/mol. The van der Waals surface area contributed by atoms with Crippen LogP contribution in [0.3, 0.4) is 0 Å². The Balaban J connectivity index is 1.81. The molecule has 28 heavy (non-hydrogen) atoms. The number of ether oxygens (including phenoxy) is 1. The molecule has 0 unspecified atom stereocenters. The van der Waals surface area contributed by atoms with Gasteiger partial charge in [-0.05, 0) is 61.6 Å². The molecule has 2 heterocycles. The number of primary amides is 1. The molecule has 8 nitrogen and oxygen atoms in total. The summed E-state index contributed by atoms with van der Waals surface area (Å²) in [6.45, 7) is 1.92. The van der Waals surface area contributed by atoms with Crippen molar-refractivity contribution < 1.29 is 23.5 Å². The summed E-state index contributed by atoms with van der Waals surface area (Å²) in [5.74, 6) is -0.0531. The molecule has 1 aromatic heterocycles. The number of furan rings is 1. The second-order valence-corrected chi connectivity index (χ2v) is 6.35. The molecule has 0 radical (unpaired) electrons. The molecule has 0 spiro atoms. The van der Waals surface area contributed by atoms with Crippen molar-refractivity contribution in [1.29, 1.82) is 0 Å². The largest absolute Gasteiger partial charge is 0.493 e. The van der Waals surface area contributed by atoms with Crippen LogP contribution in [0.25, 0.3) is 6.08 Å². The van der Waals surface area contributed by atoms with Gasteiger partial charge in [0.05, 0.1) is 18.7 Å². The minimum Gasteiger partial charge on any atom is -0.493 e. The number of aryl methyl sites for hydroxylation is 1. The van der Waals surface area contributed by atoms with Crippen molar-refractivity contribution >= 4 is 46.8 Å². The normalized spacial score (nSPS) is 15.7. The topological polar surface area (TPSA) is 115 Å². The van der Waals surface area contributed by atoms with Gasteiger partial charge in [-0.2, -0.15) is 0 Å². The molecule has 1 aliphatic heterocycles. The van der Waals surface area contributed by atoms with Crippen LogP contribution >= 0.6 is 12.2 Å². The van der Waals surface area contributed by atoms with Crippen molar-refractivity contribution in [3.05, 3.63) is 53.5 Å². The van der Waals surface area contributed by atoms with Crippen molar-refractivity contribution in [3.8, 4) is 5.75 Å². The number of nitrogens with one attached hydrogen (secondary N) is 1. The van der Waals surface area contributed by atoms with E-state index in [0.717, 1.165) is 0 Å². The van der Waals surface area contributed by atoms with E-state index in [4.69, 9.17) is 27.1 Å². The molecular formula is C19H17N3O5S. The highest BCUT2D eigenvalue weighted by Gasteiger charge is 2.34. The van der Waals surface area contributed by atoms with Gasteiger partial charge in [0, 0.05) is 0 Å². The molecule has 3 rings (SSSR count). The van der Waals surface area contributed by atoms with Crippen LogP contribution in [0.15, 0.2) is 46.4 Å². The van der Waals surface area contributed by atoms with Crippen molar-refractivity contribution in [2.75, 3.05) is 11.5 Å². The quantitative estimate of drug-likeness (QED) is 0.434. The summed E-state index contributed by atoms with van der Waals surface area (Å²) in [4.78, 5) is 37.1. The molecule has 3 N–H and O–H groups in total. The Morgan fingerprint density at radius 3 is 2.57 bits per heavy atom. The predicted octanol–water partition coefficient (Wildman–Crippen LogP) is 1.67. The first kappa shape index (κ1) is 19.3. The summed E-state index contributed by atoms with van der Waals surface area (Å²) in [6, 6.07) is 9.89. The number of carbonyl (C=O) groups is 3. The Hall–Kier alpha value is -3.46. The molecule has 1 fully saturated rings. The van der Waals surface area contributed by atoms with Crippen LogP contribution in [0.4, 0.5) is 5.69 Å². The number of amides is 3. The molecule has 1 aliphatic rings. The Bertz CT molecular complexity index is 978. The maximum Gasteiger partial charge on any atom is 0.270 e. The monoisotopic (exact) mass is 399 g/mol. The first-order chi connectivity index (χ1) is 13.3. The molecule has 1 saturated heterocycles. The van der Waals surface area contributed by atoms with Gasteiger partial charge < -0.3 is 14.9 Å². The molecule has 0 atom stereocenters. The minimum atomic E-state index is -0.591. The van der Waals surface area contributed by atoms with Crippen LogP contribution < -0.4 is 20.7 Å². The molecule has 0 bridgehead atoms. The van der Waals surface area contributed by atoms with E-state index in [1.165, 1.54) is 11.0 Å². The van der Waals surface area contributed by atoms with Gasteiger partial charge in [-0.15, -0.1) is 0 Å². The third kappa shape index (κ3) is 4.26. The lowest BCUT2D eigenvalue weighted by Crippen LogP contribution is -2.54. The van der Waals surface area contributed by atoms with Crippen molar-refractivity contribution in [2.45, 2.75) is 13.3 Å². The highest BCUT2D eigenvalue weighted by Crippen LogP contribution is 2.24. The van der Waals surface area contributed by atoms with Crippen molar-refractivity contribution in [2.24, 2.45) is 5.73 Å². The smallest absolute Gasteiger partial charge is 0.270 e. The van der Waals surface area contributed by atoms with E-state index in [2.05, 4.69) is 5.32 Å². The van der Waals surface area contributed by atoms with Crippen LogP contribution in [0.1, 0.15) is 17.9 Å². The zero-order valence-electron chi connectivity index (χ0n) is 14.9. The summed E-state index contributed by atoms with van der Waals surface area (Å²) >= 11 is 5.16. The van der Waals surface area contributed by atoms with Crippen LogP contribution in [0.5, 0.6) is 5.75 Å². The fourth-order valence-electron chi connectivity index (χ4n) is 2.53. The average molecular weight is 399 g/mol. The lowest BCUT2D eigenvalue weighted by atomic mass is 10.1. The highest BCUT2D eigenvalue weighted by atomic mass is 32.1. The summed E-state index contributed by atoms with van der Waals surface area (Å²) in [5.41, 5.74) is 5.43. The third-order valence-corrected chi connectivity index (χ3v) is 4.15. The average Bonchev–Trinajstić information content (AvgIpc) is 3.04. The Morgan fingerprint density at radius 1 is 1.25 bits per heavy atom. The lowest BCUT2D eigenvalue weighted by Gasteiger charge is -2.28. The van der Waals surface area contributed by atoms with Gasteiger partial charge in [0.15, 0.2) is 5.11 Å². The third-order valence-electron chi connectivity index (χ3n) is 3.86. The molecule has 9 heteroatoms. The summed E-state index contributed by atoms with van der Waals surface area (Å²) in [7, 11) is 0. The van der Waals surface area contributed by atoms with Crippen LogP contribution in [0.2, 0.25) is 0 Å². The van der Waals surface area contributed by atoms with E-state index < -0.39 is 17.7 Å². The Kier molecular flexibility index (Phi) is 5.55. The second-order valence-electron chi connectivity index (χ2n) is 5.96. The fourth-order valence-corrected chi connectivity index (χ4v) is 2.81. The molecule has 144 valence electrons. The van der Waals surface area contributed by atoms with E-state index in [-0.39, 0.29) is 23.7 Å². The van der Waals surface area contributed by atoms with E-state index in [0.29, 0.717) is 23.0 Å². The number of nitrogens with two attached hydrogens (primary N) is 1. The second kappa shape index (κ2) is 8.05. The number of nitrogens with zero attached hydrogens (tertiary/aromatic N) is 1. The molecule has 3 amide bonds. The number of benzene rings is 1. The maximum absolute atomic E-state index is 12.9. The van der Waals surface area contributed by atoms with Crippen molar-refractivity contribution in [1.82, 2.24) is 5.32 Å². The number of thiocarbonyl (C=S) groups is 1. The molecule has 1 aromatic carbocycles. The fraction of sp³-hybridized carbons (Fsp3) is 0.158. The maximum atomic E-state index is 12.9. The zero-order chi connectivity index (χ0) is 20.3. The highest BCUT2D eigenvalue weighted by molar-refractivity contribution is 7.80. The molecule has 2 aromatic rings. The first-order valence-electron chi connectivity index (χ1n) is 8.34. The molecule has 0 aliphatic carbocycles.